The number of benzene rings is 1. The number of rotatable bonds is 5. The van der Waals surface area contributed by atoms with Crippen molar-refractivity contribution in [3.8, 4) is 0 Å². The van der Waals surface area contributed by atoms with Gasteiger partial charge < -0.3 is 15.4 Å². The largest absolute Gasteiger partial charge is 0.379 e. The average molecular weight is 291 g/mol. The number of nitrogens with one attached hydrogen (secondary N) is 2. The number of carbonyl (C=O) groups excluding carboxylic acids is 2. The Morgan fingerprint density at radius 1 is 1.19 bits per heavy atom. The first-order valence-corrected chi connectivity index (χ1v) is 7.17. The molecule has 2 rings (SSSR count). The molecule has 6 nitrogen and oxygen atoms in total. The second kappa shape index (κ2) is 7.75. The number of anilines is 1. The molecule has 6 heteroatoms. The van der Waals surface area contributed by atoms with E-state index in [2.05, 4.69) is 15.5 Å². The number of hydrogen-bond donors (Lipinski definition) is 2. The second-order valence-electron chi connectivity index (χ2n) is 4.87. The fourth-order valence-corrected chi connectivity index (χ4v) is 2.13. The van der Waals surface area contributed by atoms with Gasteiger partial charge in [0, 0.05) is 30.9 Å². The molecule has 2 amide bonds. The van der Waals surface area contributed by atoms with E-state index in [9.17, 15) is 9.59 Å². The van der Waals surface area contributed by atoms with E-state index in [-0.39, 0.29) is 11.8 Å². The smallest absolute Gasteiger partial charge is 0.251 e. The molecular formula is C15H21N3O3. The highest BCUT2D eigenvalue weighted by Crippen LogP contribution is 2.10. The Labute approximate surface area is 124 Å². The fourth-order valence-electron chi connectivity index (χ4n) is 2.13. The van der Waals surface area contributed by atoms with Crippen molar-refractivity contribution in [3.05, 3.63) is 29.8 Å². The summed E-state index contributed by atoms with van der Waals surface area (Å²) in [7, 11) is 0. The van der Waals surface area contributed by atoms with E-state index in [4.69, 9.17) is 4.74 Å². The number of morpholine rings is 1. The van der Waals surface area contributed by atoms with Crippen LogP contribution in [0.1, 0.15) is 17.3 Å². The lowest BCUT2D eigenvalue weighted by Crippen LogP contribution is -2.41. The van der Waals surface area contributed by atoms with Gasteiger partial charge in [-0.25, -0.2) is 0 Å². The molecule has 0 bridgehead atoms. The van der Waals surface area contributed by atoms with Crippen LogP contribution in [0.25, 0.3) is 0 Å². The zero-order valence-electron chi connectivity index (χ0n) is 12.2. The Balaban J connectivity index is 1.84. The van der Waals surface area contributed by atoms with Gasteiger partial charge in [-0.05, 0) is 31.2 Å². The molecule has 1 fully saturated rings. The molecule has 0 saturated carbocycles. The van der Waals surface area contributed by atoms with Crippen molar-refractivity contribution in [3.63, 3.8) is 0 Å². The molecule has 0 radical (unpaired) electrons. The first-order chi connectivity index (χ1) is 10.2. The quantitative estimate of drug-likeness (QED) is 0.838. The first-order valence-electron chi connectivity index (χ1n) is 7.17. The molecular weight excluding hydrogens is 270 g/mol. The van der Waals surface area contributed by atoms with Crippen molar-refractivity contribution in [2.45, 2.75) is 6.92 Å². The predicted molar refractivity (Wildman–Crippen MR) is 80.3 cm³/mol. The van der Waals surface area contributed by atoms with Crippen LogP contribution in [-0.4, -0.2) is 56.1 Å². The van der Waals surface area contributed by atoms with Gasteiger partial charge in [-0.1, -0.05) is 0 Å². The van der Waals surface area contributed by atoms with Crippen molar-refractivity contribution in [2.24, 2.45) is 0 Å². The highest BCUT2D eigenvalue weighted by atomic mass is 16.5. The van der Waals surface area contributed by atoms with Crippen LogP contribution in [0.5, 0.6) is 0 Å². The molecule has 0 atom stereocenters. The summed E-state index contributed by atoms with van der Waals surface area (Å²) in [6.45, 7) is 5.74. The fraction of sp³-hybridized carbons (Fsp3) is 0.467. The molecule has 1 aliphatic rings. The molecule has 0 aliphatic carbocycles. The van der Waals surface area contributed by atoms with E-state index in [1.165, 1.54) is 0 Å². The zero-order chi connectivity index (χ0) is 15.1. The summed E-state index contributed by atoms with van der Waals surface area (Å²) in [5.74, 6) is -0.161. The molecule has 1 aromatic carbocycles. The SMILES string of the molecule is CCNC(=O)c1ccc(NC(=O)CN2CCOCC2)cc1. The topological polar surface area (TPSA) is 70.7 Å². The van der Waals surface area contributed by atoms with Crippen LogP contribution in [0.2, 0.25) is 0 Å². The van der Waals surface area contributed by atoms with Crippen molar-refractivity contribution < 1.29 is 14.3 Å². The molecule has 1 aromatic rings. The predicted octanol–water partition coefficient (Wildman–Crippen LogP) is 0.707. The van der Waals surface area contributed by atoms with Crippen LogP contribution in [0.3, 0.4) is 0 Å². The van der Waals surface area contributed by atoms with Gasteiger partial charge in [0.25, 0.3) is 5.91 Å². The maximum atomic E-state index is 11.9. The Morgan fingerprint density at radius 3 is 2.48 bits per heavy atom. The molecule has 0 unspecified atom stereocenters. The van der Waals surface area contributed by atoms with Crippen LogP contribution in [0, 0.1) is 0 Å². The van der Waals surface area contributed by atoms with Gasteiger partial charge in [-0.15, -0.1) is 0 Å². The average Bonchev–Trinajstić information content (AvgIpc) is 2.49. The highest BCUT2D eigenvalue weighted by molar-refractivity contribution is 5.96. The first kappa shape index (κ1) is 15.5. The lowest BCUT2D eigenvalue weighted by atomic mass is 10.2. The van der Waals surface area contributed by atoms with Crippen LogP contribution in [0.4, 0.5) is 5.69 Å². The highest BCUT2D eigenvalue weighted by Gasteiger charge is 2.14. The Kier molecular flexibility index (Phi) is 5.71. The minimum atomic E-state index is -0.108. The molecule has 0 aromatic heterocycles. The van der Waals surface area contributed by atoms with Gasteiger partial charge in [0.2, 0.25) is 5.91 Å². The van der Waals surface area contributed by atoms with Crippen LogP contribution >= 0.6 is 0 Å². The molecule has 21 heavy (non-hydrogen) atoms. The van der Waals surface area contributed by atoms with Gasteiger partial charge in [-0.2, -0.15) is 0 Å². The minimum Gasteiger partial charge on any atom is -0.379 e. The molecule has 1 heterocycles. The molecule has 1 saturated heterocycles. The summed E-state index contributed by atoms with van der Waals surface area (Å²) in [5.41, 5.74) is 1.28. The molecule has 114 valence electrons. The maximum absolute atomic E-state index is 11.9. The van der Waals surface area contributed by atoms with Gasteiger partial charge in [0.05, 0.1) is 19.8 Å². The number of nitrogens with zero attached hydrogens (tertiary/aromatic N) is 1. The van der Waals surface area contributed by atoms with Gasteiger partial charge in [-0.3, -0.25) is 14.5 Å². The monoisotopic (exact) mass is 291 g/mol. The van der Waals surface area contributed by atoms with E-state index in [1.807, 2.05) is 6.92 Å². The summed E-state index contributed by atoms with van der Waals surface area (Å²) >= 11 is 0. The Bertz CT molecular complexity index is 481. The van der Waals surface area contributed by atoms with Gasteiger partial charge in [0.1, 0.15) is 0 Å². The number of carbonyl (C=O) groups is 2. The number of ether oxygens (including phenoxy) is 1. The molecule has 0 spiro atoms. The third kappa shape index (κ3) is 4.84. The van der Waals surface area contributed by atoms with Crippen molar-refractivity contribution in [2.75, 3.05) is 44.7 Å². The molecule has 2 N–H and O–H groups in total. The van der Waals surface area contributed by atoms with Crippen molar-refractivity contribution in [1.29, 1.82) is 0 Å². The van der Waals surface area contributed by atoms with E-state index in [1.54, 1.807) is 24.3 Å². The minimum absolute atomic E-state index is 0.0531. The third-order valence-corrected chi connectivity index (χ3v) is 3.24. The van der Waals surface area contributed by atoms with Gasteiger partial charge in [0.15, 0.2) is 0 Å². The van der Waals surface area contributed by atoms with E-state index in [0.717, 1.165) is 13.1 Å². The molecule has 1 aliphatic heterocycles. The maximum Gasteiger partial charge on any atom is 0.251 e. The summed E-state index contributed by atoms with van der Waals surface area (Å²) in [4.78, 5) is 25.6. The van der Waals surface area contributed by atoms with Crippen LogP contribution < -0.4 is 10.6 Å². The second-order valence-corrected chi connectivity index (χ2v) is 4.87. The van der Waals surface area contributed by atoms with Crippen LogP contribution in [-0.2, 0) is 9.53 Å². The van der Waals surface area contributed by atoms with E-state index in [0.29, 0.717) is 37.6 Å². The van der Waals surface area contributed by atoms with Crippen LogP contribution in [0.15, 0.2) is 24.3 Å². The number of hydrogen-bond acceptors (Lipinski definition) is 4. The normalized spacial score (nSPS) is 15.5. The van der Waals surface area contributed by atoms with E-state index < -0.39 is 0 Å². The Morgan fingerprint density at radius 2 is 1.86 bits per heavy atom. The lowest BCUT2D eigenvalue weighted by molar-refractivity contribution is -0.118. The summed E-state index contributed by atoms with van der Waals surface area (Å²) < 4.78 is 5.24. The van der Waals surface area contributed by atoms with E-state index >= 15 is 0 Å². The Hall–Kier alpha value is -1.92. The van der Waals surface area contributed by atoms with Gasteiger partial charge >= 0.3 is 0 Å². The third-order valence-electron chi connectivity index (χ3n) is 3.24. The zero-order valence-corrected chi connectivity index (χ0v) is 12.2. The summed E-state index contributed by atoms with van der Waals surface area (Å²) in [5, 5.41) is 5.57. The number of amides is 2. The standard InChI is InChI=1S/C15H21N3O3/c1-2-16-15(20)12-3-5-13(6-4-12)17-14(19)11-18-7-9-21-10-8-18/h3-6H,2,7-11H2,1H3,(H,16,20)(H,17,19). The lowest BCUT2D eigenvalue weighted by Gasteiger charge is -2.25. The summed E-state index contributed by atoms with van der Waals surface area (Å²) in [6.07, 6.45) is 0. The summed E-state index contributed by atoms with van der Waals surface area (Å²) in [6, 6.07) is 6.88. The van der Waals surface area contributed by atoms with Crippen molar-refractivity contribution in [1.82, 2.24) is 10.2 Å². The van der Waals surface area contributed by atoms with Crippen molar-refractivity contribution >= 4 is 17.5 Å².